The van der Waals surface area contributed by atoms with Crippen molar-refractivity contribution in [2.75, 3.05) is 5.32 Å². The SMILES string of the molecule is Cc1ccc(Cc2sc(NC(=O)c3cc4ccccc4[nH]c3=O)nc2C)cc1. The Bertz CT molecular complexity index is 1220. The molecule has 2 aromatic carbocycles. The number of fused-ring (bicyclic) bond motifs is 1. The van der Waals surface area contributed by atoms with Crippen LogP contribution in [0.4, 0.5) is 5.13 Å². The second-order valence-electron chi connectivity index (χ2n) is 6.74. The molecule has 0 unspecified atom stereocenters. The zero-order valence-electron chi connectivity index (χ0n) is 15.6. The Hall–Kier alpha value is -3.25. The van der Waals surface area contributed by atoms with Gasteiger partial charge in [0.15, 0.2) is 5.13 Å². The summed E-state index contributed by atoms with van der Waals surface area (Å²) in [6, 6.07) is 17.3. The monoisotopic (exact) mass is 389 g/mol. The Kier molecular flexibility index (Phi) is 4.79. The Morgan fingerprint density at radius 1 is 1.11 bits per heavy atom. The van der Waals surface area contributed by atoms with E-state index in [-0.39, 0.29) is 5.56 Å². The van der Waals surface area contributed by atoms with Crippen LogP contribution in [-0.2, 0) is 6.42 Å². The topological polar surface area (TPSA) is 74.8 Å². The quantitative estimate of drug-likeness (QED) is 0.542. The van der Waals surface area contributed by atoms with E-state index in [1.807, 2.05) is 25.1 Å². The molecule has 0 radical (unpaired) electrons. The fourth-order valence-electron chi connectivity index (χ4n) is 3.02. The van der Waals surface area contributed by atoms with E-state index in [1.54, 1.807) is 12.1 Å². The maximum Gasteiger partial charge on any atom is 0.263 e. The first-order valence-corrected chi connectivity index (χ1v) is 9.76. The van der Waals surface area contributed by atoms with Crippen molar-refractivity contribution in [3.05, 3.63) is 92.2 Å². The predicted molar refractivity (Wildman–Crippen MR) is 113 cm³/mol. The standard InChI is InChI=1S/C22H19N3O2S/c1-13-7-9-15(10-8-13)11-19-14(2)23-22(28-19)25-21(27)17-12-16-5-3-4-6-18(16)24-20(17)26/h3-10,12H,11H2,1-2H3,(H,24,26)(H,23,25,27). The van der Waals surface area contributed by atoms with E-state index >= 15 is 0 Å². The van der Waals surface area contributed by atoms with Crippen LogP contribution in [0.15, 0.2) is 59.4 Å². The number of carbonyl (C=O) groups excluding carboxylic acids is 1. The van der Waals surface area contributed by atoms with Crippen molar-refractivity contribution in [3.63, 3.8) is 0 Å². The average Bonchev–Trinajstić information content (AvgIpc) is 3.01. The number of amides is 1. The van der Waals surface area contributed by atoms with Crippen LogP contribution in [0, 0.1) is 13.8 Å². The lowest BCUT2D eigenvalue weighted by molar-refractivity contribution is 0.102. The highest BCUT2D eigenvalue weighted by atomic mass is 32.1. The van der Waals surface area contributed by atoms with Crippen LogP contribution in [0.2, 0.25) is 0 Å². The first-order valence-electron chi connectivity index (χ1n) is 8.95. The molecule has 4 rings (SSSR count). The van der Waals surface area contributed by atoms with Gasteiger partial charge in [-0.1, -0.05) is 48.0 Å². The number of anilines is 1. The van der Waals surface area contributed by atoms with E-state index in [4.69, 9.17) is 0 Å². The fourth-order valence-corrected chi connectivity index (χ4v) is 4.01. The molecule has 1 amide bonds. The van der Waals surface area contributed by atoms with Gasteiger partial charge in [-0.3, -0.25) is 14.9 Å². The molecule has 0 atom stereocenters. The number of para-hydroxylation sites is 1. The number of aromatic amines is 1. The molecule has 0 aliphatic carbocycles. The van der Waals surface area contributed by atoms with Gasteiger partial charge in [0.1, 0.15) is 5.56 Å². The number of pyridine rings is 1. The van der Waals surface area contributed by atoms with Crippen molar-refractivity contribution in [3.8, 4) is 0 Å². The van der Waals surface area contributed by atoms with Gasteiger partial charge in [0.05, 0.1) is 5.69 Å². The molecular weight excluding hydrogens is 370 g/mol. The molecule has 0 aliphatic heterocycles. The third-order valence-electron chi connectivity index (χ3n) is 4.60. The smallest absolute Gasteiger partial charge is 0.263 e. The third kappa shape index (κ3) is 3.73. The van der Waals surface area contributed by atoms with Crippen molar-refractivity contribution in [2.24, 2.45) is 0 Å². The molecule has 0 bridgehead atoms. The first kappa shape index (κ1) is 18.1. The van der Waals surface area contributed by atoms with Crippen LogP contribution in [0.3, 0.4) is 0 Å². The van der Waals surface area contributed by atoms with Crippen molar-refractivity contribution in [1.82, 2.24) is 9.97 Å². The van der Waals surface area contributed by atoms with E-state index in [1.165, 1.54) is 22.5 Å². The number of hydrogen-bond donors (Lipinski definition) is 2. The minimum Gasteiger partial charge on any atom is -0.321 e. The molecule has 0 saturated heterocycles. The lowest BCUT2D eigenvalue weighted by Gasteiger charge is -2.03. The number of rotatable bonds is 4. The summed E-state index contributed by atoms with van der Waals surface area (Å²) in [6.45, 7) is 3.99. The minimum atomic E-state index is -0.456. The highest BCUT2D eigenvalue weighted by molar-refractivity contribution is 7.15. The fraction of sp³-hybridized carbons (Fsp3) is 0.136. The highest BCUT2D eigenvalue weighted by Gasteiger charge is 2.15. The summed E-state index contributed by atoms with van der Waals surface area (Å²) in [6.07, 6.45) is 0.760. The zero-order valence-corrected chi connectivity index (χ0v) is 16.4. The van der Waals surface area contributed by atoms with Gasteiger partial charge in [-0.15, -0.1) is 11.3 Å². The van der Waals surface area contributed by atoms with Gasteiger partial charge in [-0.25, -0.2) is 4.98 Å². The normalized spacial score (nSPS) is 10.9. The molecule has 0 saturated carbocycles. The number of carbonyl (C=O) groups is 1. The lowest BCUT2D eigenvalue weighted by atomic mass is 10.1. The number of aryl methyl sites for hydroxylation is 2. The molecule has 4 aromatic rings. The number of hydrogen-bond acceptors (Lipinski definition) is 4. The van der Waals surface area contributed by atoms with Crippen molar-refractivity contribution >= 4 is 33.3 Å². The van der Waals surface area contributed by atoms with Gasteiger partial charge in [-0.05, 0) is 36.9 Å². The number of H-pyrrole nitrogens is 1. The summed E-state index contributed by atoms with van der Waals surface area (Å²) in [4.78, 5) is 33.2. The minimum absolute atomic E-state index is 0.0756. The summed E-state index contributed by atoms with van der Waals surface area (Å²) < 4.78 is 0. The Labute approximate surface area is 166 Å². The summed E-state index contributed by atoms with van der Waals surface area (Å²) >= 11 is 1.44. The lowest BCUT2D eigenvalue weighted by Crippen LogP contribution is -2.22. The van der Waals surface area contributed by atoms with Crippen LogP contribution in [0.5, 0.6) is 0 Å². The van der Waals surface area contributed by atoms with Gasteiger partial charge in [-0.2, -0.15) is 0 Å². The van der Waals surface area contributed by atoms with Gasteiger partial charge in [0, 0.05) is 16.8 Å². The zero-order chi connectivity index (χ0) is 19.7. The third-order valence-corrected chi connectivity index (χ3v) is 5.67. The molecule has 0 fully saturated rings. The van der Waals surface area contributed by atoms with Crippen LogP contribution < -0.4 is 10.9 Å². The Morgan fingerprint density at radius 2 is 1.86 bits per heavy atom. The molecule has 2 N–H and O–H groups in total. The highest BCUT2D eigenvalue weighted by Crippen LogP contribution is 2.25. The second kappa shape index (κ2) is 7.40. The Balaban J connectivity index is 1.56. The first-order chi connectivity index (χ1) is 13.5. The van der Waals surface area contributed by atoms with Crippen LogP contribution in [0.25, 0.3) is 10.9 Å². The molecule has 2 heterocycles. The Morgan fingerprint density at radius 3 is 2.64 bits per heavy atom. The molecule has 28 heavy (non-hydrogen) atoms. The summed E-state index contributed by atoms with van der Waals surface area (Å²) in [5.41, 5.74) is 3.67. The van der Waals surface area contributed by atoms with Crippen molar-refractivity contribution in [1.29, 1.82) is 0 Å². The van der Waals surface area contributed by atoms with E-state index in [9.17, 15) is 9.59 Å². The van der Waals surface area contributed by atoms with Gasteiger partial charge in [0.25, 0.3) is 11.5 Å². The van der Waals surface area contributed by atoms with E-state index in [2.05, 4.69) is 46.5 Å². The molecule has 0 aliphatic rings. The number of aromatic nitrogens is 2. The van der Waals surface area contributed by atoms with Gasteiger partial charge >= 0.3 is 0 Å². The molecule has 140 valence electrons. The van der Waals surface area contributed by atoms with Gasteiger partial charge < -0.3 is 4.98 Å². The summed E-state index contributed by atoms with van der Waals surface area (Å²) in [7, 11) is 0. The van der Waals surface area contributed by atoms with E-state index < -0.39 is 11.5 Å². The maximum atomic E-state index is 12.6. The molecule has 2 aromatic heterocycles. The van der Waals surface area contributed by atoms with Crippen molar-refractivity contribution < 1.29 is 4.79 Å². The number of nitrogens with one attached hydrogen (secondary N) is 2. The molecule has 6 heteroatoms. The number of nitrogens with zero attached hydrogens (tertiary/aromatic N) is 1. The number of benzene rings is 2. The van der Waals surface area contributed by atoms with Crippen LogP contribution in [-0.4, -0.2) is 15.9 Å². The van der Waals surface area contributed by atoms with E-state index in [0.29, 0.717) is 10.6 Å². The molecule has 5 nitrogen and oxygen atoms in total. The second-order valence-corrected chi connectivity index (χ2v) is 7.83. The predicted octanol–water partition coefficient (Wildman–Crippen LogP) is 4.44. The van der Waals surface area contributed by atoms with Crippen LogP contribution >= 0.6 is 11.3 Å². The van der Waals surface area contributed by atoms with E-state index in [0.717, 1.165) is 22.4 Å². The van der Waals surface area contributed by atoms with Gasteiger partial charge in [0.2, 0.25) is 0 Å². The summed E-state index contributed by atoms with van der Waals surface area (Å²) in [5.74, 6) is -0.456. The molecule has 0 spiro atoms. The van der Waals surface area contributed by atoms with Crippen LogP contribution in [0.1, 0.15) is 32.1 Å². The number of thiazole rings is 1. The largest absolute Gasteiger partial charge is 0.321 e. The van der Waals surface area contributed by atoms with Crippen molar-refractivity contribution in [2.45, 2.75) is 20.3 Å². The maximum absolute atomic E-state index is 12.6. The molecular formula is C22H19N3O2S. The average molecular weight is 389 g/mol. The summed E-state index contributed by atoms with van der Waals surface area (Å²) in [5, 5.41) is 4.07.